The lowest BCUT2D eigenvalue weighted by atomic mass is 10.1. The van der Waals surface area contributed by atoms with Gasteiger partial charge < -0.3 is 10.2 Å². The van der Waals surface area contributed by atoms with Gasteiger partial charge in [0.2, 0.25) is 0 Å². The van der Waals surface area contributed by atoms with Crippen molar-refractivity contribution in [3.8, 4) is 0 Å². The van der Waals surface area contributed by atoms with Crippen LogP contribution in [-0.2, 0) is 6.54 Å². The van der Waals surface area contributed by atoms with E-state index in [-0.39, 0.29) is 10.8 Å². The summed E-state index contributed by atoms with van der Waals surface area (Å²) >= 11 is 1.88. The topological polar surface area (TPSA) is 32.3 Å². The minimum atomic E-state index is 0.0820. The van der Waals surface area contributed by atoms with Crippen LogP contribution >= 0.6 is 11.8 Å². The number of nitrogens with zero attached hydrogens (tertiary/aromatic N) is 1. The minimum Gasteiger partial charge on any atom is -0.337 e. The second-order valence-corrected chi connectivity index (χ2v) is 8.96. The molecule has 0 atom stereocenters. The summed E-state index contributed by atoms with van der Waals surface area (Å²) < 4.78 is 0.252. The first-order valence-electron chi connectivity index (χ1n) is 8.09. The lowest BCUT2D eigenvalue weighted by Gasteiger charge is -2.24. The Balaban J connectivity index is 1.84. The second-order valence-electron chi connectivity index (χ2n) is 7.04. The van der Waals surface area contributed by atoms with Crippen LogP contribution in [0.25, 0.3) is 0 Å². The van der Waals surface area contributed by atoms with E-state index in [1.54, 1.807) is 0 Å². The fourth-order valence-electron chi connectivity index (χ4n) is 2.38. The first-order valence-corrected chi connectivity index (χ1v) is 9.08. The Kier molecular flexibility index (Phi) is 5.79. The van der Waals surface area contributed by atoms with Crippen LogP contribution in [0.3, 0.4) is 0 Å². The highest BCUT2D eigenvalue weighted by molar-refractivity contribution is 8.00. The third-order valence-corrected chi connectivity index (χ3v) is 4.87. The van der Waals surface area contributed by atoms with Crippen molar-refractivity contribution in [3.63, 3.8) is 0 Å². The Morgan fingerprint density at radius 2 is 2.09 bits per heavy atom. The number of amides is 2. The van der Waals surface area contributed by atoms with Crippen LogP contribution < -0.4 is 5.32 Å². The molecular formula is C18H28N2OS. The Morgan fingerprint density at radius 3 is 2.68 bits per heavy atom. The fraction of sp³-hybridized carbons (Fsp3) is 0.611. The molecule has 1 aromatic carbocycles. The van der Waals surface area contributed by atoms with Crippen LogP contribution in [0.4, 0.5) is 4.79 Å². The van der Waals surface area contributed by atoms with E-state index in [1.807, 2.05) is 16.7 Å². The van der Waals surface area contributed by atoms with E-state index < -0.39 is 0 Å². The van der Waals surface area contributed by atoms with Gasteiger partial charge >= 0.3 is 6.03 Å². The van der Waals surface area contributed by atoms with Crippen LogP contribution in [0.1, 0.15) is 44.7 Å². The number of thioether (sulfide) groups is 1. The highest BCUT2D eigenvalue weighted by atomic mass is 32.2. The molecule has 1 aromatic rings. The number of hydrogen-bond donors (Lipinski definition) is 1. The van der Waals surface area contributed by atoms with Crippen molar-refractivity contribution in [3.05, 3.63) is 35.4 Å². The predicted molar refractivity (Wildman–Crippen MR) is 95.4 cm³/mol. The quantitative estimate of drug-likeness (QED) is 0.797. The zero-order valence-electron chi connectivity index (χ0n) is 14.2. The third-order valence-electron chi connectivity index (χ3n) is 3.60. The summed E-state index contributed by atoms with van der Waals surface area (Å²) in [6.07, 6.45) is 2.27. The van der Waals surface area contributed by atoms with Gasteiger partial charge in [-0.2, -0.15) is 11.8 Å². The Bertz CT molecular complexity index is 506. The summed E-state index contributed by atoms with van der Waals surface area (Å²) in [4.78, 5) is 14.4. The molecule has 1 saturated carbocycles. The van der Waals surface area contributed by atoms with Crippen molar-refractivity contribution in [1.29, 1.82) is 0 Å². The SMILES string of the molecule is Cc1cccc(CN(C(=O)NCCSC(C)(C)C)C2CC2)c1. The van der Waals surface area contributed by atoms with E-state index in [2.05, 4.69) is 57.3 Å². The van der Waals surface area contributed by atoms with Gasteiger partial charge in [-0.3, -0.25) is 0 Å². The molecule has 2 rings (SSSR count). The van der Waals surface area contributed by atoms with E-state index in [1.165, 1.54) is 11.1 Å². The smallest absolute Gasteiger partial charge is 0.317 e. The number of nitrogens with one attached hydrogen (secondary N) is 1. The summed E-state index contributed by atoms with van der Waals surface area (Å²) in [6, 6.07) is 8.93. The lowest BCUT2D eigenvalue weighted by Crippen LogP contribution is -2.41. The van der Waals surface area contributed by atoms with E-state index >= 15 is 0 Å². The molecule has 22 heavy (non-hydrogen) atoms. The molecule has 122 valence electrons. The number of urea groups is 1. The van der Waals surface area contributed by atoms with E-state index in [4.69, 9.17) is 0 Å². The van der Waals surface area contributed by atoms with Gasteiger partial charge in [0.05, 0.1) is 0 Å². The second kappa shape index (κ2) is 7.40. The maximum atomic E-state index is 12.4. The van der Waals surface area contributed by atoms with Gasteiger partial charge in [0.1, 0.15) is 0 Å². The van der Waals surface area contributed by atoms with Gasteiger partial charge in [0, 0.05) is 29.6 Å². The molecule has 0 unspecified atom stereocenters. The largest absolute Gasteiger partial charge is 0.337 e. The van der Waals surface area contributed by atoms with Crippen molar-refractivity contribution in [2.24, 2.45) is 0 Å². The molecule has 1 aliphatic carbocycles. The fourth-order valence-corrected chi connectivity index (χ4v) is 3.19. The van der Waals surface area contributed by atoms with Crippen LogP contribution in [0.5, 0.6) is 0 Å². The predicted octanol–water partition coefficient (Wildman–Crippen LogP) is 4.20. The monoisotopic (exact) mass is 320 g/mol. The maximum Gasteiger partial charge on any atom is 0.317 e. The zero-order valence-corrected chi connectivity index (χ0v) is 15.0. The Labute approximate surface area is 138 Å². The van der Waals surface area contributed by atoms with E-state index in [9.17, 15) is 4.79 Å². The van der Waals surface area contributed by atoms with Gasteiger partial charge in [-0.15, -0.1) is 0 Å². The lowest BCUT2D eigenvalue weighted by molar-refractivity contribution is 0.192. The number of carbonyl (C=O) groups excluding carboxylic acids is 1. The van der Waals surface area contributed by atoms with Gasteiger partial charge in [0.15, 0.2) is 0 Å². The van der Waals surface area contributed by atoms with Gasteiger partial charge in [0.25, 0.3) is 0 Å². The minimum absolute atomic E-state index is 0.0820. The third kappa shape index (κ3) is 5.91. The normalized spacial score (nSPS) is 14.7. The molecule has 2 amide bonds. The van der Waals surface area contributed by atoms with Crippen molar-refractivity contribution in [2.45, 2.75) is 57.9 Å². The van der Waals surface area contributed by atoms with Crippen molar-refractivity contribution >= 4 is 17.8 Å². The Hall–Kier alpha value is -1.16. The number of hydrogen-bond acceptors (Lipinski definition) is 2. The Morgan fingerprint density at radius 1 is 1.36 bits per heavy atom. The van der Waals surface area contributed by atoms with Gasteiger partial charge in [-0.1, -0.05) is 50.6 Å². The number of carbonyl (C=O) groups is 1. The van der Waals surface area contributed by atoms with Crippen molar-refractivity contribution in [1.82, 2.24) is 10.2 Å². The molecular weight excluding hydrogens is 292 g/mol. The molecule has 0 aliphatic heterocycles. The van der Waals surface area contributed by atoms with Gasteiger partial charge in [-0.05, 0) is 25.3 Å². The maximum absolute atomic E-state index is 12.4. The number of aryl methyl sites for hydroxylation is 1. The first kappa shape index (κ1) is 17.2. The standard InChI is InChI=1S/C18H28N2OS/c1-14-6-5-7-15(12-14)13-20(16-8-9-16)17(21)19-10-11-22-18(2,3)4/h5-7,12,16H,8-11,13H2,1-4H3,(H,19,21). The molecule has 3 nitrogen and oxygen atoms in total. The van der Waals surface area contributed by atoms with E-state index in [0.29, 0.717) is 12.6 Å². The summed E-state index contributed by atoms with van der Waals surface area (Å²) in [5, 5.41) is 3.08. The van der Waals surface area contributed by atoms with Crippen LogP contribution in [0.15, 0.2) is 24.3 Å². The molecule has 4 heteroatoms. The molecule has 0 bridgehead atoms. The number of rotatable bonds is 6. The van der Waals surface area contributed by atoms with Crippen LogP contribution in [-0.4, -0.2) is 34.0 Å². The summed E-state index contributed by atoms with van der Waals surface area (Å²) in [5.74, 6) is 0.957. The van der Waals surface area contributed by atoms with Gasteiger partial charge in [-0.25, -0.2) is 4.79 Å². The average molecular weight is 321 g/mol. The molecule has 0 radical (unpaired) electrons. The molecule has 0 saturated heterocycles. The highest BCUT2D eigenvalue weighted by Crippen LogP contribution is 2.28. The van der Waals surface area contributed by atoms with Crippen molar-refractivity contribution < 1.29 is 4.79 Å². The molecule has 0 spiro atoms. The first-order chi connectivity index (χ1) is 10.3. The van der Waals surface area contributed by atoms with Crippen LogP contribution in [0.2, 0.25) is 0 Å². The average Bonchev–Trinajstić information content (AvgIpc) is 3.24. The summed E-state index contributed by atoms with van der Waals surface area (Å²) in [6.45, 7) is 10.1. The molecule has 0 heterocycles. The highest BCUT2D eigenvalue weighted by Gasteiger charge is 2.32. The summed E-state index contributed by atoms with van der Waals surface area (Å²) in [5.41, 5.74) is 2.46. The molecule has 1 aliphatic rings. The zero-order chi connectivity index (χ0) is 16.2. The van der Waals surface area contributed by atoms with Crippen LogP contribution in [0, 0.1) is 6.92 Å². The molecule has 0 aromatic heterocycles. The molecule has 1 fully saturated rings. The number of benzene rings is 1. The van der Waals surface area contributed by atoms with E-state index in [0.717, 1.165) is 25.1 Å². The van der Waals surface area contributed by atoms with Crippen molar-refractivity contribution in [2.75, 3.05) is 12.3 Å². The summed E-state index contributed by atoms with van der Waals surface area (Å²) in [7, 11) is 0. The molecule has 1 N–H and O–H groups in total.